The number of hydrogen-bond acceptors (Lipinski definition) is 3. The lowest BCUT2D eigenvalue weighted by Crippen LogP contribution is -2.38. The molecule has 0 saturated carbocycles. The second-order valence-corrected chi connectivity index (χ2v) is 5.76. The maximum Gasteiger partial charge on any atom is 0.257 e. The molecule has 1 amide bonds. The summed E-state index contributed by atoms with van der Waals surface area (Å²) >= 11 is 5.17. The van der Waals surface area contributed by atoms with Crippen molar-refractivity contribution in [3.05, 3.63) is 65.7 Å². The summed E-state index contributed by atoms with van der Waals surface area (Å²) < 4.78 is 5.62. The quantitative estimate of drug-likeness (QED) is 0.595. The number of benzene rings is 2. The lowest BCUT2D eigenvalue weighted by molar-refractivity contribution is 0.0976. The van der Waals surface area contributed by atoms with Gasteiger partial charge in [0.1, 0.15) is 5.75 Å². The minimum Gasteiger partial charge on any atom is -0.494 e. The van der Waals surface area contributed by atoms with Crippen LogP contribution >= 0.6 is 12.2 Å². The second-order valence-electron chi connectivity index (χ2n) is 5.35. The van der Waals surface area contributed by atoms with E-state index in [1.807, 2.05) is 36.4 Å². The Hall–Kier alpha value is -2.40. The first-order valence-electron chi connectivity index (χ1n) is 8.05. The first-order valence-corrected chi connectivity index (χ1v) is 8.46. The first kappa shape index (κ1) is 17.9. The minimum atomic E-state index is -0.249. The summed E-state index contributed by atoms with van der Waals surface area (Å²) in [4.78, 5) is 12.3. The number of nitrogens with one attached hydrogen (secondary N) is 2. The molecular formula is C19H22N2O2S. The van der Waals surface area contributed by atoms with Gasteiger partial charge in [0.2, 0.25) is 0 Å². The van der Waals surface area contributed by atoms with Gasteiger partial charge in [0.25, 0.3) is 5.91 Å². The predicted octanol–water partition coefficient (Wildman–Crippen LogP) is 3.67. The third-order valence-electron chi connectivity index (χ3n) is 3.39. The Kier molecular flexibility index (Phi) is 7.23. The van der Waals surface area contributed by atoms with E-state index in [0.29, 0.717) is 29.6 Å². The molecule has 0 saturated heterocycles. The monoisotopic (exact) mass is 342 g/mol. The van der Waals surface area contributed by atoms with E-state index in [0.717, 1.165) is 18.4 Å². The third-order valence-corrected chi connectivity index (χ3v) is 3.63. The molecule has 2 N–H and O–H groups in total. The first-order chi connectivity index (χ1) is 11.7. The Balaban J connectivity index is 1.84. The zero-order valence-electron chi connectivity index (χ0n) is 13.7. The predicted molar refractivity (Wildman–Crippen MR) is 100 cm³/mol. The molecule has 4 nitrogen and oxygen atoms in total. The van der Waals surface area contributed by atoms with Crippen molar-refractivity contribution in [3.63, 3.8) is 0 Å². The van der Waals surface area contributed by atoms with Crippen LogP contribution < -0.4 is 15.4 Å². The molecule has 0 aliphatic heterocycles. The molecule has 126 valence electrons. The highest BCUT2D eigenvalue weighted by molar-refractivity contribution is 7.80. The van der Waals surface area contributed by atoms with E-state index < -0.39 is 0 Å². The highest BCUT2D eigenvalue weighted by Crippen LogP contribution is 2.13. The number of amides is 1. The SMILES string of the molecule is CCCCOc1cccc(C(=O)NC(=S)NCc2ccccc2)c1. The molecule has 0 spiro atoms. The summed E-state index contributed by atoms with van der Waals surface area (Å²) in [5, 5.41) is 6.02. The van der Waals surface area contributed by atoms with Crippen molar-refractivity contribution in [2.75, 3.05) is 6.61 Å². The molecule has 0 unspecified atom stereocenters. The van der Waals surface area contributed by atoms with E-state index in [-0.39, 0.29) is 5.91 Å². The Labute approximate surface area is 148 Å². The van der Waals surface area contributed by atoms with Crippen LogP contribution in [0.3, 0.4) is 0 Å². The van der Waals surface area contributed by atoms with Crippen LogP contribution in [0.5, 0.6) is 5.75 Å². The van der Waals surface area contributed by atoms with Crippen LogP contribution in [-0.4, -0.2) is 17.6 Å². The van der Waals surface area contributed by atoms with E-state index in [4.69, 9.17) is 17.0 Å². The van der Waals surface area contributed by atoms with E-state index >= 15 is 0 Å². The summed E-state index contributed by atoms with van der Waals surface area (Å²) in [6.07, 6.45) is 2.06. The summed E-state index contributed by atoms with van der Waals surface area (Å²) in [6.45, 7) is 3.33. The molecule has 5 heteroatoms. The summed E-state index contributed by atoms with van der Waals surface area (Å²) in [5.74, 6) is 0.445. The average molecular weight is 342 g/mol. The molecule has 2 aromatic carbocycles. The third kappa shape index (κ3) is 6.01. The standard InChI is InChI=1S/C19H22N2O2S/c1-2-3-12-23-17-11-7-10-16(13-17)18(22)21-19(24)20-14-15-8-5-4-6-9-15/h4-11,13H,2-3,12,14H2,1H3,(H2,20,21,22,24). The van der Waals surface area contributed by atoms with E-state index in [1.165, 1.54) is 0 Å². The number of ether oxygens (including phenoxy) is 1. The second kappa shape index (κ2) is 9.67. The molecule has 0 heterocycles. The number of unbranched alkanes of at least 4 members (excludes halogenated alkanes) is 1. The number of rotatable bonds is 7. The van der Waals surface area contributed by atoms with E-state index in [1.54, 1.807) is 18.2 Å². The molecule has 0 aliphatic rings. The Morgan fingerprint density at radius 1 is 1.12 bits per heavy atom. The fourth-order valence-electron chi connectivity index (χ4n) is 2.06. The molecule has 0 aliphatic carbocycles. The van der Waals surface area contributed by atoms with Gasteiger partial charge in [0.05, 0.1) is 6.61 Å². The zero-order chi connectivity index (χ0) is 17.2. The van der Waals surface area contributed by atoms with Crippen molar-refractivity contribution < 1.29 is 9.53 Å². The van der Waals surface area contributed by atoms with Crippen molar-refractivity contribution >= 4 is 23.2 Å². The average Bonchev–Trinajstić information content (AvgIpc) is 2.61. The van der Waals surface area contributed by atoms with Gasteiger partial charge in [0.15, 0.2) is 5.11 Å². The van der Waals surface area contributed by atoms with Gasteiger partial charge in [-0.2, -0.15) is 0 Å². The Bertz CT molecular complexity index is 674. The molecule has 2 rings (SSSR count). The molecule has 2 aromatic rings. The maximum atomic E-state index is 12.3. The zero-order valence-corrected chi connectivity index (χ0v) is 14.6. The van der Waals surface area contributed by atoms with Crippen molar-refractivity contribution in [1.82, 2.24) is 10.6 Å². The summed E-state index contributed by atoms with van der Waals surface area (Å²) in [6, 6.07) is 17.0. The Morgan fingerprint density at radius 3 is 2.67 bits per heavy atom. The number of thiocarbonyl (C=S) groups is 1. The van der Waals surface area contributed by atoms with Gasteiger partial charge in [-0.05, 0) is 42.4 Å². The molecule has 0 fully saturated rings. The molecule has 0 atom stereocenters. The lowest BCUT2D eigenvalue weighted by atomic mass is 10.2. The van der Waals surface area contributed by atoms with Gasteiger partial charge < -0.3 is 10.1 Å². The van der Waals surface area contributed by atoms with Crippen molar-refractivity contribution in [2.45, 2.75) is 26.3 Å². The Morgan fingerprint density at radius 2 is 1.92 bits per heavy atom. The number of hydrogen-bond donors (Lipinski definition) is 2. The van der Waals surface area contributed by atoms with Crippen LogP contribution in [-0.2, 0) is 6.54 Å². The van der Waals surface area contributed by atoms with Gasteiger partial charge in [-0.3, -0.25) is 10.1 Å². The fraction of sp³-hybridized carbons (Fsp3) is 0.263. The van der Waals surface area contributed by atoms with Crippen LogP contribution in [0.25, 0.3) is 0 Å². The van der Waals surface area contributed by atoms with Crippen LogP contribution in [0.2, 0.25) is 0 Å². The summed E-state index contributed by atoms with van der Waals surface area (Å²) in [5.41, 5.74) is 1.62. The molecule has 24 heavy (non-hydrogen) atoms. The van der Waals surface area contributed by atoms with Crippen molar-refractivity contribution in [1.29, 1.82) is 0 Å². The van der Waals surface area contributed by atoms with Crippen molar-refractivity contribution in [3.8, 4) is 5.75 Å². The van der Waals surface area contributed by atoms with Crippen LogP contribution in [0.15, 0.2) is 54.6 Å². The van der Waals surface area contributed by atoms with Gasteiger partial charge >= 0.3 is 0 Å². The lowest BCUT2D eigenvalue weighted by Gasteiger charge is -2.11. The van der Waals surface area contributed by atoms with Gasteiger partial charge in [-0.25, -0.2) is 0 Å². The largest absolute Gasteiger partial charge is 0.494 e. The highest BCUT2D eigenvalue weighted by Gasteiger charge is 2.08. The smallest absolute Gasteiger partial charge is 0.257 e. The molecular weight excluding hydrogens is 320 g/mol. The van der Waals surface area contributed by atoms with Gasteiger partial charge in [0, 0.05) is 12.1 Å². The molecule has 0 bridgehead atoms. The van der Waals surface area contributed by atoms with E-state index in [9.17, 15) is 4.79 Å². The van der Waals surface area contributed by atoms with Crippen molar-refractivity contribution in [2.24, 2.45) is 0 Å². The minimum absolute atomic E-state index is 0.249. The highest BCUT2D eigenvalue weighted by atomic mass is 32.1. The number of carbonyl (C=O) groups is 1. The maximum absolute atomic E-state index is 12.3. The van der Waals surface area contributed by atoms with Crippen LogP contribution in [0, 0.1) is 0 Å². The van der Waals surface area contributed by atoms with Crippen LogP contribution in [0.1, 0.15) is 35.7 Å². The molecule has 0 aromatic heterocycles. The van der Waals surface area contributed by atoms with Gasteiger partial charge in [-0.15, -0.1) is 0 Å². The summed E-state index contributed by atoms with van der Waals surface area (Å²) in [7, 11) is 0. The van der Waals surface area contributed by atoms with Gasteiger partial charge in [-0.1, -0.05) is 49.7 Å². The topological polar surface area (TPSA) is 50.4 Å². The fourth-order valence-corrected chi connectivity index (χ4v) is 2.22. The van der Waals surface area contributed by atoms with E-state index in [2.05, 4.69) is 17.6 Å². The number of carbonyl (C=O) groups excluding carboxylic acids is 1. The molecule has 0 radical (unpaired) electrons. The van der Waals surface area contributed by atoms with Crippen LogP contribution in [0.4, 0.5) is 0 Å². The normalized spacial score (nSPS) is 10.0.